The van der Waals surface area contributed by atoms with Gasteiger partial charge in [-0.05, 0) is 36.6 Å². The molecule has 0 spiro atoms. The van der Waals surface area contributed by atoms with Crippen molar-refractivity contribution < 1.29 is 4.79 Å². The van der Waals surface area contributed by atoms with E-state index in [0.29, 0.717) is 18.0 Å². The third-order valence-corrected chi connectivity index (χ3v) is 3.52. The quantitative estimate of drug-likeness (QED) is 0.809. The number of nitrogens with two attached hydrogens (primary N) is 1. The summed E-state index contributed by atoms with van der Waals surface area (Å²) in [7, 11) is 0. The first-order valence-electron chi connectivity index (χ1n) is 7.20. The number of carbonyl (C=O) groups excluding carboxylic acids is 1. The molecular weight excluding hydrogens is 248 g/mol. The number of hydrogen-bond donors (Lipinski definition) is 2. The Balaban J connectivity index is 2.72. The summed E-state index contributed by atoms with van der Waals surface area (Å²) in [5.74, 6) is 6.36. The lowest BCUT2D eigenvalue weighted by Gasteiger charge is -2.13. The number of amides is 1. The van der Waals surface area contributed by atoms with Crippen LogP contribution in [0.5, 0.6) is 0 Å². The van der Waals surface area contributed by atoms with E-state index in [2.05, 4.69) is 31.0 Å². The molecule has 3 N–H and O–H groups in total. The van der Waals surface area contributed by atoms with Crippen LogP contribution >= 0.6 is 0 Å². The molecule has 0 saturated carbocycles. The summed E-state index contributed by atoms with van der Waals surface area (Å²) in [4.78, 5) is 12.1. The van der Waals surface area contributed by atoms with Crippen molar-refractivity contribution in [1.29, 1.82) is 0 Å². The Labute approximate surface area is 121 Å². The molecule has 0 saturated heterocycles. The maximum absolute atomic E-state index is 12.1. The first-order chi connectivity index (χ1) is 9.62. The first-order valence-corrected chi connectivity index (χ1v) is 7.20. The smallest absolute Gasteiger partial charge is 0.251 e. The molecule has 0 unspecified atom stereocenters. The van der Waals surface area contributed by atoms with Gasteiger partial charge in [0.15, 0.2) is 0 Å². The zero-order valence-corrected chi connectivity index (χ0v) is 12.6. The molecular formula is C17H24N2O. The molecule has 0 heterocycles. The van der Waals surface area contributed by atoms with Crippen LogP contribution in [-0.2, 0) is 0 Å². The molecule has 0 radical (unpaired) electrons. The van der Waals surface area contributed by atoms with Gasteiger partial charge in [0, 0.05) is 17.7 Å². The number of hydrogen-bond acceptors (Lipinski definition) is 2. The molecule has 1 aromatic rings. The molecule has 3 heteroatoms. The van der Waals surface area contributed by atoms with Crippen molar-refractivity contribution in [3.05, 3.63) is 34.9 Å². The van der Waals surface area contributed by atoms with E-state index in [1.807, 2.05) is 25.1 Å². The van der Waals surface area contributed by atoms with Gasteiger partial charge in [0.25, 0.3) is 5.91 Å². The summed E-state index contributed by atoms with van der Waals surface area (Å²) >= 11 is 0. The second kappa shape index (κ2) is 8.39. The van der Waals surface area contributed by atoms with E-state index in [4.69, 9.17) is 5.73 Å². The van der Waals surface area contributed by atoms with Crippen LogP contribution in [0, 0.1) is 24.7 Å². The molecule has 1 rings (SSSR count). The fourth-order valence-electron chi connectivity index (χ4n) is 2.01. The van der Waals surface area contributed by atoms with Crippen molar-refractivity contribution in [2.45, 2.75) is 33.6 Å². The van der Waals surface area contributed by atoms with Crippen LogP contribution in [0.3, 0.4) is 0 Å². The molecule has 0 fully saturated rings. The Morgan fingerprint density at radius 3 is 2.60 bits per heavy atom. The van der Waals surface area contributed by atoms with Gasteiger partial charge in [-0.25, -0.2) is 0 Å². The Morgan fingerprint density at radius 1 is 1.35 bits per heavy atom. The van der Waals surface area contributed by atoms with Crippen LogP contribution < -0.4 is 11.1 Å². The van der Waals surface area contributed by atoms with Gasteiger partial charge >= 0.3 is 0 Å². The van der Waals surface area contributed by atoms with Gasteiger partial charge < -0.3 is 11.1 Å². The molecule has 0 atom stereocenters. The zero-order valence-electron chi connectivity index (χ0n) is 12.6. The number of nitrogens with one attached hydrogen (secondary N) is 1. The number of aryl methyl sites for hydroxylation is 1. The molecule has 1 aromatic carbocycles. The van der Waals surface area contributed by atoms with Gasteiger partial charge in [0.2, 0.25) is 0 Å². The lowest BCUT2D eigenvalue weighted by Crippen LogP contribution is -2.28. The molecule has 1 amide bonds. The lowest BCUT2D eigenvalue weighted by molar-refractivity contribution is 0.0946. The van der Waals surface area contributed by atoms with E-state index in [0.717, 1.165) is 30.5 Å². The fourth-order valence-corrected chi connectivity index (χ4v) is 2.01. The zero-order chi connectivity index (χ0) is 15.0. The van der Waals surface area contributed by atoms with Crippen LogP contribution in [0.25, 0.3) is 0 Å². The third kappa shape index (κ3) is 4.71. The highest BCUT2D eigenvalue weighted by molar-refractivity contribution is 5.94. The first kappa shape index (κ1) is 16.3. The van der Waals surface area contributed by atoms with Gasteiger partial charge in [-0.15, -0.1) is 0 Å². The molecule has 0 aliphatic rings. The Hall–Kier alpha value is -1.79. The topological polar surface area (TPSA) is 55.1 Å². The van der Waals surface area contributed by atoms with Crippen LogP contribution in [0.1, 0.15) is 48.2 Å². The highest BCUT2D eigenvalue weighted by atomic mass is 16.1. The molecule has 108 valence electrons. The Kier molecular flexibility index (Phi) is 6.83. The van der Waals surface area contributed by atoms with E-state index in [-0.39, 0.29) is 5.91 Å². The predicted octanol–water partition coefficient (Wildman–Crippen LogP) is 2.47. The molecule has 0 aliphatic heterocycles. The van der Waals surface area contributed by atoms with Crippen molar-refractivity contribution in [3.8, 4) is 11.8 Å². The molecule has 0 aliphatic carbocycles. The summed E-state index contributed by atoms with van der Waals surface area (Å²) < 4.78 is 0. The summed E-state index contributed by atoms with van der Waals surface area (Å²) in [5.41, 5.74) is 7.97. The lowest BCUT2D eigenvalue weighted by atomic mass is 10.0. The van der Waals surface area contributed by atoms with E-state index >= 15 is 0 Å². The summed E-state index contributed by atoms with van der Waals surface area (Å²) in [5, 5.41) is 3.00. The third-order valence-electron chi connectivity index (χ3n) is 3.52. The second-order valence-corrected chi connectivity index (χ2v) is 4.93. The van der Waals surface area contributed by atoms with E-state index in [1.54, 1.807) is 0 Å². The van der Waals surface area contributed by atoms with Crippen molar-refractivity contribution >= 4 is 5.91 Å². The molecule has 0 bridgehead atoms. The maximum Gasteiger partial charge on any atom is 0.251 e. The maximum atomic E-state index is 12.1. The van der Waals surface area contributed by atoms with Gasteiger partial charge in [-0.3, -0.25) is 4.79 Å². The minimum atomic E-state index is -0.0154. The van der Waals surface area contributed by atoms with Gasteiger partial charge in [0.05, 0.1) is 6.54 Å². The van der Waals surface area contributed by atoms with Crippen molar-refractivity contribution in [2.75, 3.05) is 13.1 Å². The van der Waals surface area contributed by atoms with E-state index < -0.39 is 0 Å². The second-order valence-electron chi connectivity index (χ2n) is 4.93. The van der Waals surface area contributed by atoms with Crippen LogP contribution in [-0.4, -0.2) is 19.0 Å². The van der Waals surface area contributed by atoms with Gasteiger partial charge in [-0.2, -0.15) is 0 Å². The number of benzene rings is 1. The number of carbonyl (C=O) groups is 1. The summed E-state index contributed by atoms with van der Waals surface area (Å²) in [6, 6.07) is 5.57. The largest absolute Gasteiger partial charge is 0.352 e. The average Bonchev–Trinajstić information content (AvgIpc) is 2.46. The minimum absolute atomic E-state index is 0.0154. The Bertz CT molecular complexity index is 507. The van der Waals surface area contributed by atoms with Crippen molar-refractivity contribution in [3.63, 3.8) is 0 Å². The van der Waals surface area contributed by atoms with Crippen molar-refractivity contribution in [1.82, 2.24) is 5.32 Å². The highest BCUT2D eigenvalue weighted by Gasteiger charge is 2.09. The monoisotopic (exact) mass is 272 g/mol. The molecule has 3 nitrogen and oxygen atoms in total. The number of rotatable bonds is 5. The van der Waals surface area contributed by atoms with E-state index in [1.165, 1.54) is 0 Å². The van der Waals surface area contributed by atoms with Crippen molar-refractivity contribution in [2.24, 2.45) is 11.7 Å². The average molecular weight is 272 g/mol. The Morgan fingerprint density at radius 2 is 2.05 bits per heavy atom. The fraction of sp³-hybridized carbons (Fsp3) is 0.471. The van der Waals surface area contributed by atoms with Gasteiger partial charge in [0.1, 0.15) is 0 Å². The summed E-state index contributed by atoms with van der Waals surface area (Å²) in [6.45, 7) is 7.33. The normalized spacial score (nSPS) is 10.1. The SMILES string of the molecule is CCC(CC)CNC(=O)c1ccc(C#CCN)c(C)c1. The van der Waals surface area contributed by atoms with Crippen LogP contribution in [0.2, 0.25) is 0 Å². The molecule has 20 heavy (non-hydrogen) atoms. The van der Waals surface area contributed by atoms with E-state index in [9.17, 15) is 4.79 Å². The minimum Gasteiger partial charge on any atom is -0.352 e. The van der Waals surface area contributed by atoms with Crippen LogP contribution in [0.4, 0.5) is 0 Å². The van der Waals surface area contributed by atoms with Crippen LogP contribution in [0.15, 0.2) is 18.2 Å². The predicted molar refractivity (Wildman–Crippen MR) is 83.5 cm³/mol. The molecule has 0 aromatic heterocycles. The van der Waals surface area contributed by atoms with Gasteiger partial charge in [-0.1, -0.05) is 38.5 Å². The summed E-state index contributed by atoms with van der Waals surface area (Å²) in [6.07, 6.45) is 2.17. The highest BCUT2D eigenvalue weighted by Crippen LogP contribution is 2.11. The standard InChI is InChI=1S/C17H24N2O/c1-4-14(5-2)12-19-17(20)16-9-8-15(7-6-10-18)13(3)11-16/h8-9,11,14H,4-5,10,12,18H2,1-3H3,(H,19,20).